The predicted molar refractivity (Wildman–Crippen MR) is 50.4 cm³/mol. The van der Waals surface area contributed by atoms with Crippen molar-refractivity contribution >= 4 is 0 Å². The van der Waals surface area contributed by atoms with Crippen LogP contribution in [0.1, 0.15) is 26.7 Å². The van der Waals surface area contributed by atoms with Gasteiger partial charge in [0.1, 0.15) is 5.67 Å². The van der Waals surface area contributed by atoms with E-state index >= 15 is 0 Å². The minimum Gasteiger partial charge on any atom is -0.295 e. The number of halogens is 4. The molecule has 1 heterocycles. The summed E-state index contributed by atoms with van der Waals surface area (Å²) in [5.74, 6) is -0.120. The maximum atomic E-state index is 14.0. The molecule has 0 saturated carbocycles. The van der Waals surface area contributed by atoms with Crippen LogP contribution < -0.4 is 0 Å². The van der Waals surface area contributed by atoms with Gasteiger partial charge in [0.25, 0.3) is 0 Å². The summed E-state index contributed by atoms with van der Waals surface area (Å²) in [5.41, 5.74) is -1.28. The van der Waals surface area contributed by atoms with Gasteiger partial charge in [-0.15, -0.1) is 0 Å². The van der Waals surface area contributed by atoms with E-state index < -0.39 is 18.4 Å². The van der Waals surface area contributed by atoms with Gasteiger partial charge in [0.05, 0.1) is 6.54 Å². The highest BCUT2D eigenvalue weighted by atomic mass is 19.4. The number of likely N-dealkylation sites (tertiary alicyclic amines) is 1. The number of hydrogen-bond donors (Lipinski definition) is 0. The van der Waals surface area contributed by atoms with Crippen molar-refractivity contribution in [3.63, 3.8) is 0 Å². The largest absolute Gasteiger partial charge is 0.401 e. The first-order valence-electron chi connectivity index (χ1n) is 5.21. The normalized spacial score (nSPS) is 23.4. The Morgan fingerprint density at radius 1 is 1.20 bits per heavy atom. The standard InChI is InChI=1S/C10H17F4N/c1-8(2)9(11)3-5-15(6-4-9)7-10(12,13)14/h8H,3-7H2,1-2H3. The predicted octanol–water partition coefficient (Wildman–Crippen LogP) is 3.01. The van der Waals surface area contributed by atoms with Crippen LogP contribution in [0.5, 0.6) is 0 Å². The summed E-state index contributed by atoms with van der Waals surface area (Å²) in [6.45, 7) is 3.04. The highest BCUT2D eigenvalue weighted by Gasteiger charge is 2.40. The molecule has 0 spiro atoms. The first-order valence-corrected chi connectivity index (χ1v) is 5.21. The van der Waals surface area contributed by atoms with Gasteiger partial charge in [-0.25, -0.2) is 4.39 Å². The summed E-state index contributed by atoms with van der Waals surface area (Å²) in [6, 6.07) is 0. The third-order valence-corrected chi connectivity index (χ3v) is 3.12. The summed E-state index contributed by atoms with van der Waals surface area (Å²) in [6.07, 6.45) is -3.75. The van der Waals surface area contributed by atoms with Crippen molar-refractivity contribution in [2.24, 2.45) is 5.92 Å². The highest BCUT2D eigenvalue weighted by Crippen LogP contribution is 2.34. The number of alkyl halides is 4. The van der Waals surface area contributed by atoms with Crippen LogP contribution in [0.2, 0.25) is 0 Å². The zero-order valence-corrected chi connectivity index (χ0v) is 9.07. The highest BCUT2D eigenvalue weighted by molar-refractivity contribution is 4.89. The molecule has 0 atom stereocenters. The van der Waals surface area contributed by atoms with Gasteiger partial charge >= 0.3 is 6.18 Å². The van der Waals surface area contributed by atoms with E-state index in [1.807, 2.05) is 0 Å². The van der Waals surface area contributed by atoms with Crippen LogP contribution in [0.15, 0.2) is 0 Å². The van der Waals surface area contributed by atoms with E-state index in [0.29, 0.717) is 0 Å². The van der Waals surface area contributed by atoms with Crippen molar-refractivity contribution in [3.05, 3.63) is 0 Å². The molecular formula is C10H17F4N. The lowest BCUT2D eigenvalue weighted by Gasteiger charge is -2.38. The molecule has 0 bridgehead atoms. The Labute approximate surface area is 87.4 Å². The van der Waals surface area contributed by atoms with Crippen LogP contribution in [-0.2, 0) is 0 Å². The van der Waals surface area contributed by atoms with Gasteiger partial charge in [0.2, 0.25) is 0 Å². The van der Waals surface area contributed by atoms with E-state index in [1.165, 1.54) is 4.90 Å². The van der Waals surface area contributed by atoms with Crippen LogP contribution in [0.4, 0.5) is 17.6 Å². The van der Waals surface area contributed by atoms with Gasteiger partial charge in [0, 0.05) is 13.1 Å². The molecule has 1 rings (SSSR count). The Kier molecular flexibility index (Phi) is 3.63. The van der Waals surface area contributed by atoms with E-state index in [9.17, 15) is 17.6 Å². The fraction of sp³-hybridized carbons (Fsp3) is 1.00. The van der Waals surface area contributed by atoms with Crippen LogP contribution in [-0.4, -0.2) is 36.4 Å². The zero-order valence-electron chi connectivity index (χ0n) is 9.07. The van der Waals surface area contributed by atoms with Crippen molar-refractivity contribution in [1.29, 1.82) is 0 Å². The average molecular weight is 227 g/mol. The first kappa shape index (κ1) is 12.7. The second kappa shape index (κ2) is 4.28. The van der Waals surface area contributed by atoms with Crippen LogP contribution in [0, 0.1) is 5.92 Å². The van der Waals surface area contributed by atoms with E-state index in [2.05, 4.69) is 0 Å². The minimum atomic E-state index is -4.17. The van der Waals surface area contributed by atoms with Crippen molar-refractivity contribution < 1.29 is 17.6 Å². The van der Waals surface area contributed by atoms with E-state index in [0.717, 1.165) is 0 Å². The monoisotopic (exact) mass is 227 g/mol. The van der Waals surface area contributed by atoms with Crippen LogP contribution >= 0.6 is 0 Å². The average Bonchev–Trinajstić information content (AvgIpc) is 2.07. The van der Waals surface area contributed by atoms with Gasteiger partial charge in [-0.05, 0) is 18.8 Å². The molecule has 1 fully saturated rings. The molecule has 1 aliphatic rings. The van der Waals surface area contributed by atoms with Gasteiger partial charge in [-0.1, -0.05) is 13.8 Å². The molecule has 0 radical (unpaired) electrons. The molecule has 5 heteroatoms. The lowest BCUT2D eigenvalue weighted by molar-refractivity contribution is -0.152. The summed E-state index contributed by atoms with van der Waals surface area (Å²) < 4.78 is 50.2. The van der Waals surface area contributed by atoms with E-state index in [4.69, 9.17) is 0 Å². The molecule has 0 amide bonds. The van der Waals surface area contributed by atoms with Crippen molar-refractivity contribution in [1.82, 2.24) is 4.90 Å². The summed E-state index contributed by atoms with van der Waals surface area (Å²) in [7, 11) is 0. The Morgan fingerprint density at radius 3 is 2.00 bits per heavy atom. The third-order valence-electron chi connectivity index (χ3n) is 3.12. The van der Waals surface area contributed by atoms with Gasteiger partial charge < -0.3 is 0 Å². The second-order valence-electron chi connectivity index (χ2n) is 4.58. The Morgan fingerprint density at radius 2 is 1.67 bits per heavy atom. The maximum absolute atomic E-state index is 14.0. The van der Waals surface area contributed by atoms with Crippen LogP contribution in [0.3, 0.4) is 0 Å². The summed E-state index contributed by atoms with van der Waals surface area (Å²) in [4.78, 5) is 1.28. The van der Waals surface area contributed by atoms with Crippen molar-refractivity contribution in [3.8, 4) is 0 Å². The number of nitrogens with zero attached hydrogens (tertiary/aromatic N) is 1. The molecule has 15 heavy (non-hydrogen) atoms. The lowest BCUT2D eigenvalue weighted by Crippen LogP contribution is -2.47. The van der Waals surface area contributed by atoms with E-state index in [1.54, 1.807) is 13.8 Å². The second-order valence-corrected chi connectivity index (χ2v) is 4.58. The molecule has 1 aliphatic heterocycles. The minimum absolute atomic E-state index is 0.120. The fourth-order valence-electron chi connectivity index (χ4n) is 1.91. The quantitative estimate of drug-likeness (QED) is 0.655. The molecule has 0 aromatic carbocycles. The topological polar surface area (TPSA) is 3.24 Å². The molecule has 1 saturated heterocycles. The van der Waals surface area contributed by atoms with Gasteiger partial charge in [-0.2, -0.15) is 13.2 Å². The molecular weight excluding hydrogens is 210 g/mol. The van der Waals surface area contributed by atoms with Gasteiger partial charge in [0.15, 0.2) is 0 Å². The molecule has 0 N–H and O–H groups in total. The third kappa shape index (κ3) is 3.63. The van der Waals surface area contributed by atoms with Gasteiger partial charge in [-0.3, -0.25) is 4.90 Å². The molecule has 0 unspecified atom stereocenters. The van der Waals surface area contributed by atoms with Crippen molar-refractivity contribution in [2.45, 2.75) is 38.5 Å². The van der Waals surface area contributed by atoms with E-state index in [-0.39, 0.29) is 31.8 Å². The Hall–Kier alpha value is -0.320. The summed E-state index contributed by atoms with van der Waals surface area (Å²) >= 11 is 0. The molecule has 90 valence electrons. The Balaban J connectivity index is 2.43. The zero-order chi connectivity index (χ0) is 11.7. The Bertz CT molecular complexity index is 204. The fourth-order valence-corrected chi connectivity index (χ4v) is 1.91. The molecule has 1 nitrogen and oxygen atoms in total. The maximum Gasteiger partial charge on any atom is 0.401 e. The first-order chi connectivity index (χ1) is 6.73. The smallest absolute Gasteiger partial charge is 0.295 e. The number of rotatable bonds is 2. The van der Waals surface area contributed by atoms with Crippen LogP contribution in [0.25, 0.3) is 0 Å². The van der Waals surface area contributed by atoms with Crippen molar-refractivity contribution in [2.75, 3.05) is 19.6 Å². The number of hydrogen-bond acceptors (Lipinski definition) is 1. The molecule has 0 aromatic heterocycles. The lowest BCUT2D eigenvalue weighted by atomic mass is 9.83. The molecule has 0 aromatic rings. The number of piperidine rings is 1. The summed E-state index contributed by atoms with van der Waals surface area (Å²) in [5, 5.41) is 0. The SMILES string of the molecule is CC(C)C1(F)CCN(CC(F)(F)F)CC1. The molecule has 0 aliphatic carbocycles.